The molecule has 5 heterocycles. The van der Waals surface area contributed by atoms with Gasteiger partial charge < -0.3 is 10.6 Å². The van der Waals surface area contributed by atoms with E-state index in [-0.39, 0.29) is 35.6 Å². The minimum atomic E-state index is -0.173. The highest BCUT2D eigenvalue weighted by Crippen LogP contribution is 2.35. The standard InChI is InChI=1S/C29H28N10O/c1-17(12-21-10-8-18(2)38(21)29(40)27-33-16-34-37-27)25-22(13-30)26(31)39-28(36-25)23(15-35-39)20-9-11-24(32-14-20)19-6-4-3-5-7-19/h3-7,9,11,14-18,21H,8,10,12,31H2,1-2H3,(H,33,34,37). The van der Waals surface area contributed by atoms with E-state index in [1.54, 1.807) is 12.4 Å². The molecular weight excluding hydrogens is 504 g/mol. The van der Waals surface area contributed by atoms with Gasteiger partial charge in [-0.15, -0.1) is 0 Å². The minimum Gasteiger partial charge on any atom is -0.382 e. The molecule has 3 atom stereocenters. The lowest BCUT2D eigenvalue weighted by atomic mass is 9.94. The number of pyridine rings is 1. The third-order valence-electron chi connectivity index (χ3n) is 7.70. The Balaban J connectivity index is 1.33. The number of H-pyrrole nitrogens is 1. The van der Waals surface area contributed by atoms with E-state index >= 15 is 0 Å². The van der Waals surface area contributed by atoms with Gasteiger partial charge in [0.1, 0.15) is 23.8 Å². The predicted molar refractivity (Wildman–Crippen MR) is 149 cm³/mol. The number of hydrogen-bond acceptors (Lipinski definition) is 8. The molecule has 1 aliphatic heterocycles. The van der Waals surface area contributed by atoms with E-state index in [0.29, 0.717) is 23.3 Å². The van der Waals surface area contributed by atoms with Crippen LogP contribution in [0.2, 0.25) is 0 Å². The van der Waals surface area contributed by atoms with Crippen molar-refractivity contribution in [1.82, 2.24) is 39.7 Å². The van der Waals surface area contributed by atoms with Gasteiger partial charge in [0.15, 0.2) is 5.65 Å². The van der Waals surface area contributed by atoms with E-state index in [1.807, 2.05) is 61.2 Å². The van der Waals surface area contributed by atoms with Gasteiger partial charge >= 0.3 is 0 Å². The second-order valence-corrected chi connectivity index (χ2v) is 10.2. The number of benzene rings is 1. The van der Waals surface area contributed by atoms with E-state index in [9.17, 15) is 10.1 Å². The molecule has 1 amide bonds. The monoisotopic (exact) mass is 532 g/mol. The van der Waals surface area contributed by atoms with Crippen LogP contribution in [0.1, 0.15) is 60.9 Å². The molecule has 1 fully saturated rings. The van der Waals surface area contributed by atoms with E-state index in [4.69, 9.17) is 10.7 Å². The van der Waals surface area contributed by atoms with Crippen LogP contribution >= 0.6 is 0 Å². The van der Waals surface area contributed by atoms with Crippen molar-refractivity contribution < 1.29 is 4.79 Å². The molecule has 40 heavy (non-hydrogen) atoms. The zero-order chi connectivity index (χ0) is 27.8. The summed E-state index contributed by atoms with van der Waals surface area (Å²) >= 11 is 0. The van der Waals surface area contributed by atoms with E-state index in [0.717, 1.165) is 35.2 Å². The molecule has 1 saturated heterocycles. The number of carbonyl (C=O) groups excluding carboxylic acids is 1. The van der Waals surface area contributed by atoms with Crippen LogP contribution < -0.4 is 5.73 Å². The third kappa shape index (κ3) is 4.33. The predicted octanol–water partition coefficient (Wildman–Crippen LogP) is 4.22. The molecule has 5 aromatic rings. The van der Waals surface area contributed by atoms with Gasteiger partial charge in [0.2, 0.25) is 5.82 Å². The SMILES string of the molecule is CC(CC1CCC(C)N1C(=O)c1ncn[nH]1)c1nc2c(-c3ccc(-c4ccccc4)nc3)cnn2c(N)c1C#N. The van der Waals surface area contributed by atoms with Crippen molar-refractivity contribution in [2.24, 2.45) is 0 Å². The number of anilines is 1. The number of carbonyl (C=O) groups is 1. The molecule has 0 saturated carbocycles. The number of amides is 1. The Bertz CT molecular complexity index is 1700. The first kappa shape index (κ1) is 25.2. The van der Waals surface area contributed by atoms with E-state index in [1.165, 1.54) is 10.8 Å². The molecule has 1 aromatic carbocycles. The molecule has 200 valence electrons. The molecular formula is C29H28N10O. The Morgan fingerprint density at radius 3 is 2.67 bits per heavy atom. The maximum absolute atomic E-state index is 13.2. The van der Waals surface area contributed by atoms with Crippen molar-refractivity contribution in [3.63, 3.8) is 0 Å². The largest absolute Gasteiger partial charge is 0.382 e. The number of nitrogens with two attached hydrogens (primary N) is 1. The van der Waals surface area contributed by atoms with Gasteiger partial charge in [0.25, 0.3) is 5.91 Å². The molecule has 1 aliphatic rings. The Morgan fingerprint density at radius 1 is 1.15 bits per heavy atom. The Morgan fingerprint density at radius 2 is 1.98 bits per heavy atom. The normalized spacial score (nSPS) is 17.7. The molecule has 11 heteroatoms. The quantitative estimate of drug-likeness (QED) is 0.329. The molecule has 3 N–H and O–H groups in total. The average molecular weight is 533 g/mol. The number of fused-ring (bicyclic) bond motifs is 1. The first-order valence-electron chi connectivity index (χ1n) is 13.2. The van der Waals surface area contributed by atoms with Crippen LogP contribution in [0.3, 0.4) is 0 Å². The topological polar surface area (TPSA) is 155 Å². The zero-order valence-electron chi connectivity index (χ0n) is 22.2. The van der Waals surface area contributed by atoms with Gasteiger partial charge in [0, 0.05) is 40.9 Å². The Labute approximate surface area is 230 Å². The number of nitrogens with one attached hydrogen (secondary N) is 1. The maximum atomic E-state index is 13.2. The summed E-state index contributed by atoms with van der Waals surface area (Å²) in [6.07, 6.45) is 7.19. The first-order valence-corrected chi connectivity index (χ1v) is 13.2. The van der Waals surface area contributed by atoms with Crippen LogP contribution in [0.15, 0.2) is 61.2 Å². The van der Waals surface area contributed by atoms with Crippen molar-refractivity contribution in [2.75, 3.05) is 5.73 Å². The lowest BCUT2D eigenvalue weighted by Crippen LogP contribution is -2.41. The molecule has 0 aliphatic carbocycles. The van der Waals surface area contributed by atoms with Crippen LogP contribution in [-0.2, 0) is 0 Å². The molecule has 0 bridgehead atoms. The molecule has 4 aromatic heterocycles. The summed E-state index contributed by atoms with van der Waals surface area (Å²) in [5.74, 6) is 0.142. The summed E-state index contributed by atoms with van der Waals surface area (Å²) in [5.41, 5.74) is 11.4. The number of rotatable bonds is 6. The molecule has 11 nitrogen and oxygen atoms in total. The molecule has 6 rings (SSSR count). The number of aromatic amines is 1. The number of hydrogen-bond donors (Lipinski definition) is 2. The van der Waals surface area contributed by atoms with Crippen molar-refractivity contribution in [3.8, 4) is 28.5 Å². The zero-order valence-corrected chi connectivity index (χ0v) is 22.2. The molecule has 0 radical (unpaired) electrons. The smallest absolute Gasteiger partial charge is 0.291 e. The van der Waals surface area contributed by atoms with Gasteiger partial charge in [-0.05, 0) is 32.3 Å². The van der Waals surface area contributed by atoms with Gasteiger partial charge in [-0.25, -0.2) is 9.97 Å². The molecule has 0 spiro atoms. The van der Waals surface area contributed by atoms with Crippen molar-refractivity contribution in [2.45, 2.75) is 51.1 Å². The lowest BCUT2D eigenvalue weighted by Gasteiger charge is -2.29. The van der Waals surface area contributed by atoms with Gasteiger partial charge in [-0.1, -0.05) is 43.3 Å². The number of nitriles is 1. The Hall–Kier alpha value is -5.11. The van der Waals surface area contributed by atoms with Crippen LogP contribution in [0, 0.1) is 11.3 Å². The van der Waals surface area contributed by atoms with Crippen LogP contribution in [0.5, 0.6) is 0 Å². The summed E-state index contributed by atoms with van der Waals surface area (Å²) in [5, 5.41) is 21.0. The summed E-state index contributed by atoms with van der Waals surface area (Å²) in [7, 11) is 0. The van der Waals surface area contributed by atoms with Crippen LogP contribution in [0.25, 0.3) is 28.0 Å². The third-order valence-corrected chi connectivity index (χ3v) is 7.70. The highest BCUT2D eigenvalue weighted by Gasteiger charge is 2.37. The number of nitrogen functional groups attached to an aromatic ring is 1. The average Bonchev–Trinajstić information content (AvgIpc) is 3.74. The highest BCUT2D eigenvalue weighted by atomic mass is 16.2. The van der Waals surface area contributed by atoms with Crippen molar-refractivity contribution >= 4 is 17.4 Å². The van der Waals surface area contributed by atoms with Crippen molar-refractivity contribution in [1.29, 1.82) is 5.26 Å². The summed E-state index contributed by atoms with van der Waals surface area (Å²) in [4.78, 5) is 28.7. The van der Waals surface area contributed by atoms with Gasteiger partial charge in [-0.3, -0.25) is 14.9 Å². The maximum Gasteiger partial charge on any atom is 0.291 e. The van der Waals surface area contributed by atoms with Crippen LogP contribution in [-0.4, -0.2) is 57.7 Å². The number of likely N-dealkylation sites (tertiary alicyclic amines) is 1. The summed E-state index contributed by atoms with van der Waals surface area (Å²) in [6.45, 7) is 4.06. The number of aromatic nitrogens is 7. The van der Waals surface area contributed by atoms with Gasteiger partial charge in [0.05, 0.1) is 17.6 Å². The van der Waals surface area contributed by atoms with Crippen molar-refractivity contribution in [3.05, 3.63) is 78.3 Å². The fourth-order valence-corrected chi connectivity index (χ4v) is 5.66. The summed E-state index contributed by atoms with van der Waals surface area (Å²) in [6, 6.07) is 16.2. The number of nitrogens with zero attached hydrogens (tertiary/aromatic N) is 8. The van der Waals surface area contributed by atoms with Crippen LogP contribution in [0.4, 0.5) is 5.82 Å². The summed E-state index contributed by atoms with van der Waals surface area (Å²) < 4.78 is 1.51. The first-order chi connectivity index (χ1) is 19.5. The fraction of sp³-hybridized carbons (Fsp3) is 0.276. The van der Waals surface area contributed by atoms with E-state index in [2.05, 4.69) is 31.3 Å². The lowest BCUT2D eigenvalue weighted by molar-refractivity contribution is 0.0655. The Kier molecular flexibility index (Phi) is 6.43. The second kappa shape index (κ2) is 10.2. The molecule has 3 unspecified atom stereocenters. The van der Waals surface area contributed by atoms with Gasteiger partial charge in [-0.2, -0.15) is 20.0 Å². The second-order valence-electron chi connectivity index (χ2n) is 10.2. The fourth-order valence-electron chi connectivity index (χ4n) is 5.66. The highest BCUT2D eigenvalue weighted by molar-refractivity contribution is 5.91. The van der Waals surface area contributed by atoms with E-state index < -0.39 is 0 Å². The minimum absolute atomic E-state index is 0.0347.